The molecule has 2 amide bonds. The summed E-state index contributed by atoms with van der Waals surface area (Å²) in [5.41, 5.74) is 1.65. The van der Waals surface area contributed by atoms with Gasteiger partial charge in [0.05, 0.1) is 17.7 Å². The lowest BCUT2D eigenvalue weighted by molar-refractivity contribution is -0.0168. The number of hydrogen-bond donors (Lipinski definition) is 2. The van der Waals surface area contributed by atoms with E-state index in [0.29, 0.717) is 31.2 Å². The molecule has 3 atom stereocenters. The summed E-state index contributed by atoms with van der Waals surface area (Å²) in [6, 6.07) is 10.1. The molecule has 1 heterocycles. The Bertz CT molecular complexity index is 806. The van der Waals surface area contributed by atoms with Gasteiger partial charge >= 0.3 is 6.03 Å². The topological polar surface area (TPSA) is 86.6 Å². The van der Waals surface area contributed by atoms with Crippen LogP contribution in [-0.4, -0.2) is 64.0 Å². The second-order valence-corrected chi connectivity index (χ2v) is 10.2. The molecule has 194 valence electrons. The zero-order chi connectivity index (χ0) is 24.9. The molecule has 0 aromatic heterocycles. The molecule has 0 radical (unpaired) electrons. The standard InChI is InChI=1S/C28H44N4O3/c1-30-20-26(18-22-9-4-3-5-10-22)31-28(33)32-14-7-13-25(21-32)27(35-16-8-15-34-2)24-12-6-11-23(17-24)19-29/h6,11-12,17,22,25-27,30H,3-5,7-10,13-16,18,20-21H2,1-2H3,(H,31,33). The van der Waals surface area contributed by atoms with E-state index >= 15 is 0 Å². The second-order valence-electron chi connectivity index (χ2n) is 10.2. The van der Waals surface area contributed by atoms with E-state index in [1.54, 1.807) is 7.11 Å². The minimum absolute atomic E-state index is 0.0367. The predicted molar refractivity (Wildman–Crippen MR) is 138 cm³/mol. The Morgan fingerprint density at radius 1 is 1.20 bits per heavy atom. The van der Waals surface area contributed by atoms with Crippen molar-refractivity contribution in [3.63, 3.8) is 0 Å². The van der Waals surface area contributed by atoms with E-state index in [0.717, 1.165) is 44.3 Å². The van der Waals surface area contributed by atoms with E-state index in [2.05, 4.69) is 16.7 Å². The van der Waals surface area contributed by atoms with Crippen molar-refractivity contribution in [2.45, 2.75) is 69.9 Å². The van der Waals surface area contributed by atoms with Crippen LogP contribution in [0.1, 0.15) is 75.0 Å². The number of carbonyl (C=O) groups excluding carboxylic acids is 1. The number of amides is 2. The van der Waals surface area contributed by atoms with Gasteiger partial charge in [0.1, 0.15) is 0 Å². The quantitative estimate of drug-likeness (QED) is 0.422. The fourth-order valence-corrected chi connectivity index (χ4v) is 5.68. The highest BCUT2D eigenvalue weighted by Crippen LogP contribution is 2.34. The Labute approximate surface area is 211 Å². The number of urea groups is 1. The summed E-state index contributed by atoms with van der Waals surface area (Å²) in [5.74, 6) is 0.904. The third-order valence-corrected chi connectivity index (χ3v) is 7.43. The van der Waals surface area contributed by atoms with Crippen LogP contribution in [0.25, 0.3) is 0 Å². The van der Waals surface area contributed by atoms with Crippen molar-refractivity contribution < 1.29 is 14.3 Å². The van der Waals surface area contributed by atoms with E-state index in [1.165, 1.54) is 32.1 Å². The third-order valence-electron chi connectivity index (χ3n) is 7.43. The molecule has 7 nitrogen and oxygen atoms in total. The van der Waals surface area contributed by atoms with Crippen molar-refractivity contribution in [3.8, 4) is 6.07 Å². The molecular formula is C28H44N4O3. The van der Waals surface area contributed by atoms with Gasteiger partial charge in [-0.05, 0) is 56.3 Å². The molecular weight excluding hydrogens is 440 g/mol. The Hall–Kier alpha value is -2.14. The first-order chi connectivity index (χ1) is 17.1. The number of nitrogens with zero attached hydrogens (tertiary/aromatic N) is 2. The molecule has 35 heavy (non-hydrogen) atoms. The monoisotopic (exact) mass is 484 g/mol. The first kappa shape index (κ1) is 27.4. The number of ether oxygens (including phenoxy) is 2. The summed E-state index contributed by atoms with van der Waals surface area (Å²) in [5, 5.41) is 16.0. The number of benzene rings is 1. The Morgan fingerprint density at radius 2 is 2.03 bits per heavy atom. The van der Waals surface area contributed by atoms with Crippen molar-refractivity contribution in [3.05, 3.63) is 35.4 Å². The Balaban J connectivity index is 1.64. The summed E-state index contributed by atoms with van der Waals surface area (Å²) in [6.07, 6.45) is 10.2. The maximum absolute atomic E-state index is 13.3. The van der Waals surface area contributed by atoms with E-state index in [9.17, 15) is 10.1 Å². The molecule has 2 fully saturated rings. The van der Waals surface area contributed by atoms with Crippen molar-refractivity contribution in [1.82, 2.24) is 15.5 Å². The van der Waals surface area contributed by atoms with Gasteiger partial charge in [0.15, 0.2) is 0 Å². The third kappa shape index (κ3) is 8.79. The number of carbonyl (C=O) groups is 1. The highest BCUT2D eigenvalue weighted by Gasteiger charge is 2.32. The van der Waals surface area contributed by atoms with Crippen molar-refractivity contribution in [1.29, 1.82) is 5.26 Å². The minimum atomic E-state index is -0.147. The average Bonchev–Trinajstić information content (AvgIpc) is 2.89. The van der Waals surface area contributed by atoms with Gasteiger partial charge in [0.2, 0.25) is 0 Å². The number of likely N-dealkylation sites (tertiary alicyclic amines) is 1. The number of nitriles is 1. The highest BCUT2D eigenvalue weighted by atomic mass is 16.5. The van der Waals surface area contributed by atoms with Gasteiger partial charge in [-0.25, -0.2) is 4.79 Å². The smallest absolute Gasteiger partial charge is 0.317 e. The summed E-state index contributed by atoms with van der Waals surface area (Å²) in [4.78, 5) is 15.3. The summed E-state index contributed by atoms with van der Waals surface area (Å²) >= 11 is 0. The minimum Gasteiger partial charge on any atom is -0.385 e. The fourth-order valence-electron chi connectivity index (χ4n) is 5.68. The van der Waals surface area contributed by atoms with Gasteiger partial charge in [-0.1, -0.05) is 44.2 Å². The van der Waals surface area contributed by atoms with Gasteiger partial charge in [0, 0.05) is 51.9 Å². The van der Waals surface area contributed by atoms with E-state index in [1.807, 2.05) is 36.2 Å². The van der Waals surface area contributed by atoms with Crippen LogP contribution in [0.15, 0.2) is 24.3 Å². The van der Waals surface area contributed by atoms with Gasteiger partial charge in [-0.15, -0.1) is 0 Å². The highest BCUT2D eigenvalue weighted by molar-refractivity contribution is 5.74. The fraction of sp³-hybridized carbons (Fsp3) is 0.714. The molecule has 2 aliphatic rings. The number of likely N-dealkylation sites (N-methyl/N-ethyl adjacent to an activating group) is 1. The molecule has 7 heteroatoms. The zero-order valence-corrected chi connectivity index (χ0v) is 21.6. The van der Waals surface area contributed by atoms with Crippen LogP contribution in [-0.2, 0) is 9.47 Å². The van der Waals surface area contributed by atoms with Gasteiger partial charge < -0.3 is 25.0 Å². The summed E-state index contributed by atoms with van der Waals surface area (Å²) in [7, 11) is 3.65. The van der Waals surface area contributed by atoms with Crippen LogP contribution in [0.2, 0.25) is 0 Å². The number of nitrogens with one attached hydrogen (secondary N) is 2. The van der Waals surface area contributed by atoms with Crippen molar-refractivity contribution in [2.24, 2.45) is 11.8 Å². The molecule has 3 unspecified atom stereocenters. The predicted octanol–water partition coefficient (Wildman–Crippen LogP) is 4.63. The molecule has 1 saturated heterocycles. The van der Waals surface area contributed by atoms with E-state index < -0.39 is 0 Å². The maximum Gasteiger partial charge on any atom is 0.317 e. The first-order valence-corrected chi connectivity index (χ1v) is 13.4. The van der Waals surface area contributed by atoms with Gasteiger partial charge in [-0.2, -0.15) is 5.26 Å². The van der Waals surface area contributed by atoms with Gasteiger partial charge in [-0.3, -0.25) is 0 Å². The Kier molecular flexibility index (Phi) is 11.8. The van der Waals surface area contributed by atoms with E-state index in [4.69, 9.17) is 9.47 Å². The summed E-state index contributed by atoms with van der Waals surface area (Å²) in [6.45, 7) is 3.47. The van der Waals surface area contributed by atoms with Crippen LogP contribution in [0.5, 0.6) is 0 Å². The largest absolute Gasteiger partial charge is 0.385 e. The second kappa shape index (κ2) is 15.1. The first-order valence-electron chi connectivity index (χ1n) is 13.4. The van der Waals surface area contributed by atoms with Crippen LogP contribution in [0.4, 0.5) is 4.79 Å². The van der Waals surface area contributed by atoms with Crippen molar-refractivity contribution >= 4 is 6.03 Å². The lowest BCUT2D eigenvalue weighted by atomic mass is 9.85. The zero-order valence-electron chi connectivity index (χ0n) is 21.6. The molecule has 0 bridgehead atoms. The average molecular weight is 485 g/mol. The van der Waals surface area contributed by atoms with Crippen LogP contribution < -0.4 is 10.6 Å². The maximum atomic E-state index is 13.3. The lowest BCUT2D eigenvalue weighted by Gasteiger charge is -2.38. The molecule has 2 N–H and O–H groups in total. The normalized spacial score (nSPS) is 20.7. The lowest BCUT2D eigenvalue weighted by Crippen LogP contribution is -2.52. The number of hydrogen-bond acceptors (Lipinski definition) is 5. The van der Waals surface area contributed by atoms with E-state index in [-0.39, 0.29) is 24.1 Å². The molecule has 3 rings (SSSR count). The molecule has 1 aromatic carbocycles. The number of methoxy groups -OCH3 is 1. The molecule has 1 aliphatic carbocycles. The number of piperidine rings is 1. The molecule has 1 aliphatic heterocycles. The van der Waals surface area contributed by atoms with Crippen molar-refractivity contribution in [2.75, 3.05) is 47.0 Å². The molecule has 0 spiro atoms. The summed E-state index contributed by atoms with van der Waals surface area (Å²) < 4.78 is 11.5. The van der Waals surface area contributed by atoms with Crippen LogP contribution >= 0.6 is 0 Å². The van der Waals surface area contributed by atoms with Gasteiger partial charge in [0.25, 0.3) is 0 Å². The SMILES string of the molecule is CNCC(CC1CCCCC1)NC(=O)N1CCCC(C(OCCCOC)c2cccc(C#N)c2)C1. The van der Waals surface area contributed by atoms with Crippen LogP contribution in [0, 0.1) is 23.2 Å². The number of rotatable bonds is 12. The molecule has 1 saturated carbocycles. The van der Waals surface area contributed by atoms with Crippen LogP contribution in [0.3, 0.4) is 0 Å². The molecule has 1 aromatic rings. The Morgan fingerprint density at radius 3 is 2.77 bits per heavy atom.